The summed E-state index contributed by atoms with van der Waals surface area (Å²) in [6.45, 7) is 0.347. The van der Waals surface area contributed by atoms with Gasteiger partial charge in [0.15, 0.2) is 16.3 Å². The van der Waals surface area contributed by atoms with E-state index in [0.717, 1.165) is 16.3 Å². The van der Waals surface area contributed by atoms with E-state index in [-0.39, 0.29) is 23.9 Å². The first-order valence-electron chi connectivity index (χ1n) is 7.48. The van der Waals surface area contributed by atoms with Crippen LogP contribution in [0.3, 0.4) is 0 Å². The number of benzene rings is 2. The summed E-state index contributed by atoms with van der Waals surface area (Å²) in [5.74, 6) is 2.24. The molecule has 1 aliphatic heterocycles. The largest absolute Gasteiger partial charge is 0.454 e. The lowest BCUT2D eigenvalue weighted by molar-refractivity contribution is 0.0994. The van der Waals surface area contributed by atoms with Crippen molar-refractivity contribution in [2.24, 2.45) is 4.99 Å². The molecule has 0 atom stereocenters. The summed E-state index contributed by atoms with van der Waals surface area (Å²) in [5.41, 5.74) is 0.483. The van der Waals surface area contributed by atoms with Gasteiger partial charge in [0, 0.05) is 12.1 Å². The summed E-state index contributed by atoms with van der Waals surface area (Å²) in [6, 6.07) is 7.61. The zero-order valence-electron chi connectivity index (χ0n) is 13.2. The number of aromatic nitrogens is 1. The van der Waals surface area contributed by atoms with Crippen LogP contribution < -0.4 is 14.3 Å². The maximum Gasteiger partial charge on any atom is 0.284 e. The lowest BCUT2D eigenvalue weighted by Gasteiger charge is -2.02. The van der Waals surface area contributed by atoms with E-state index in [1.165, 1.54) is 23.5 Å². The number of nitrogens with zero attached hydrogens (tertiary/aromatic N) is 2. The molecule has 0 fully saturated rings. The van der Waals surface area contributed by atoms with Gasteiger partial charge in [0.05, 0.1) is 27.3 Å². The number of hydrogen-bond donors (Lipinski definition) is 0. The fourth-order valence-corrected chi connectivity index (χ4v) is 3.92. The molecule has 8 heteroatoms. The average molecular weight is 389 g/mol. The average Bonchev–Trinajstić information content (AvgIpc) is 3.17. The van der Waals surface area contributed by atoms with E-state index in [9.17, 15) is 9.18 Å². The third-order valence-corrected chi connectivity index (χ3v) is 5.16. The fraction of sp³-hybridized carbons (Fsp3) is 0.111. The molecule has 0 radical (unpaired) electrons. The number of rotatable bonds is 2. The van der Waals surface area contributed by atoms with Gasteiger partial charge < -0.3 is 14.0 Å². The van der Waals surface area contributed by atoms with Gasteiger partial charge in [-0.2, -0.15) is 4.99 Å². The number of carbonyl (C=O) groups excluding carboxylic acids is 1. The van der Waals surface area contributed by atoms with Crippen LogP contribution in [0.2, 0.25) is 5.02 Å². The van der Waals surface area contributed by atoms with Crippen molar-refractivity contribution in [2.45, 2.75) is 6.54 Å². The number of amides is 1. The maximum atomic E-state index is 14.0. The van der Waals surface area contributed by atoms with Gasteiger partial charge in [0.1, 0.15) is 5.82 Å². The Hall–Kier alpha value is -2.82. The highest BCUT2D eigenvalue weighted by Gasteiger charge is 2.19. The Labute approximate surface area is 156 Å². The Kier molecular flexibility index (Phi) is 4.15. The van der Waals surface area contributed by atoms with Gasteiger partial charge in [0.2, 0.25) is 6.79 Å². The molecule has 2 heterocycles. The highest BCUT2D eigenvalue weighted by molar-refractivity contribution is 7.16. The molecule has 26 heavy (non-hydrogen) atoms. The second-order valence-electron chi connectivity index (χ2n) is 5.36. The predicted octanol–water partition coefficient (Wildman–Crippen LogP) is 3.60. The third kappa shape index (κ3) is 2.73. The summed E-state index contributed by atoms with van der Waals surface area (Å²) in [6.07, 6.45) is 5.45. The van der Waals surface area contributed by atoms with Crippen LogP contribution >= 0.6 is 22.9 Å². The number of carbonyl (C=O) groups is 1. The van der Waals surface area contributed by atoms with Gasteiger partial charge >= 0.3 is 0 Å². The van der Waals surface area contributed by atoms with E-state index in [0.29, 0.717) is 16.3 Å². The van der Waals surface area contributed by atoms with Crippen molar-refractivity contribution in [3.8, 4) is 23.8 Å². The number of ether oxygens (including phenoxy) is 2. The number of fused-ring (bicyclic) bond motifs is 2. The Bertz CT molecular complexity index is 1140. The molecule has 1 aliphatic rings. The van der Waals surface area contributed by atoms with Crippen LogP contribution in [0.1, 0.15) is 10.4 Å². The van der Waals surface area contributed by atoms with Gasteiger partial charge in [-0.25, -0.2) is 4.39 Å². The van der Waals surface area contributed by atoms with Gasteiger partial charge in [-0.1, -0.05) is 34.9 Å². The minimum absolute atomic E-state index is 0.00383. The zero-order valence-corrected chi connectivity index (χ0v) is 14.7. The minimum Gasteiger partial charge on any atom is -0.454 e. The van der Waals surface area contributed by atoms with Crippen molar-refractivity contribution in [1.82, 2.24) is 4.57 Å². The van der Waals surface area contributed by atoms with Crippen molar-refractivity contribution in [2.75, 3.05) is 6.79 Å². The topological polar surface area (TPSA) is 52.8 Å². The summed E-state index contributed by atoms with van der Waals surface area (Å²) >= 11 is 7.19. The van der Waals surface area contributed by atoms with Gasteiger partial charge in [-0.05, 0) is 12.1 Å². The van der Waals surface area contributed by atoms with E-state index in [1.54, 1.807) is 16.7 Å². The standard InChI is InChI=1S/C18H10ClFN2O3S/c1-2-6-22-12-7-13-14(25-9-24-13)8-15(12)26-18(22)21-17(23)16-10(19)4-3-5-11(16)20/h1,3-5,7-8H,6,9H2. The quantitative estimate of drug-likeness (QED) is 0.630. The molecule has 0 aliphatic carbocycles. The molecule has 0 saturated carbocycles. The molecule has 5 nitrogen and oxygen atoms in total. The predicted molar refractivity (Wildman–Crippen MR) is 96.1 cm³/mol. The van der Waals surface area contributed by atoms with Crippen molar-refractivity contribution in [1.29, 1.82) is 0 Å². The van der Waals surface area contributed by atoms with Crippen molar-refractivity contribution in [3.63, 3.8) is 0 Å². The van der Waals surface area contributed by atoms with Crippen molar-refractivity contribution >= 4 is 39.1 Å². The van der Waals surface area contributed by atoms with E-state index in [2.05, 4.69) is 10.9 Å². The molecule has 130 valence electrons. The van der Waals surface area contributed by atoms with Crippen LogP contribution in [-0.2, 0) is 6.54 Å². The molecule has 1 aromatic heterocycles. The van der Waals surface area contributed by atoms with Crippen LogP contribution in [-0.4, -0.2) is 17.3 Å². The van der Waals surface area contributed by atoms with Gasteiger partial charge in [-0.15, -0.1) is 6.42 Å². The van der Waals surface area contributed by atoms with Crippen LogP contribution in [0.15, 0.2) is 35.3 Å². The maximum absolute atomic E-state index is 14.0. The molecule has 0 saturated heterocycles. The van der Waals surface area contributed by atoms with Crippen LogP contribution in [0.4, 0.5) is 4.39 Å². The fourth-order valence-electron chi connectivity index (χ4n) is 2.63. The molecular formula is C18H10ClFN2O3S. The normalized spacial score (nSPS) is 13.2. The van der Waals surface area contributed by atoms with E-state index >= 15 is 0 Å². The number of thiazole rings is 1. The SMILES string of the molecule is C#CCn1c(=NC(=O)c2c(F)cccc2Cl)sc2cc3c(cc21)OCO3. The Balaban J connectivity index is 1.91. The molecule has 0 N–H and O–H groups in total. The van der Waals surface area contributed by atoms with Crippen molar-refractivity contribution in [3.05, 3.63) is 51.5 Å². The van der Waals surface area contributed by atoms with Crippen molar-refractivity contribution < 1.29 is 18.7 Å². The molecule has 1 amide bonds. The summed E-state index contributed by atoms with van der Waals surface area (Å²) < 4.78 is 27.2. The zero-order chi connectivity index (χ0) is 18.3. The van der Waals surface area contributed by atoms with Gasteiger partial charge in [-0.3, -0.25) is 4.79 Å². The molecular weight excluding hydrogens is 379 g/mol. The Morgan fingerprint density at radius 1 is 1.38 bits per heavy atom. The third-order valence-electron chi connectivity index (χ3n) is 3.80. The van der Waals surface area contributed by atoms with Crippen LogP contribution in [0.25, 0.3) is 10.2 Å². The molecule has 0 bridgehead atoms. The van der Waals surface area contributed by atoms with Gasteiger partial charge in [0.25, 0.3) is 5.91 Å². The summed E-state index contributed by atoms with van der Waals surface area (Å²) in [7, 11) is 0. The monoisotopic (exact) mass is 388 g/mol. The number of hydrogen-bond acceptors (Lipinski definition) is 4. The highest BCUT2D eigenvalue weighted by atomic mass is 35.5. The van der Waals surface area contributed by atoms with E-state index in [1.807, 2.05) is 0 Å². The van der Waals surface area contributed by atoms with Crippen LogP contribution in [0.5, 0.6) is 11.5 Å². The molecule has 4 rings (SSSR count). The summed E-state index contributed by atoms with van der Waals surface area (Å²) in [4.78, 5) is 16.9. The van der Waals surface area contributed by atoms with E-state index < -0.39 is 11.7 Å². The highest BCUT2D eigenvalue weighted by Crippen LogP contribution is 2.37. The first-order chi connectivity index (χ1) is 12.6. The molecule has 2 aromatic carbocycles. The van der Waals surface area contributed by atoms with E-state index in [4.69, 9.17) is 27.5 Å². The second-order valence-corrected chi connectivity index (χ2v) is 6.78. The second kappa shape index (κ2) is 6.48. The molecule has 0 spiro atoms. The summed E-state index contributed by atoms with van der Waals surface area (Å²) in [5, 5.41) is 0.00383. The number of halogens is 2. The molecule has 0 unspecified atom stereocenters. The smallest absolute Gasteiger partial charge is 0.284 e. The first-order valence-corrected chi connectivity index (χ1v) is 8.67. The lowest BCUT2D eigenvalue weighted by atomic mass is 10.2. The minimum atomic E-state index is -0.773. The molecule has 3 aromatic rings. The van der Waals surface area contributed by atoms with Crippen LogP contribution in [0, 0.1) is 18.2 Å². The Morgan fingerprint density at radius 3 is 2.88 bits per heavy atom. The Morgan fingerprint density at radius 2 is 2.15 bits per heavy atom. The number of terminal acetylenes is 1. The first kappa shape index (κ1) is 16.6. The lowest BCUT2D eigenvalue weighted by Crippen LogP contribution is -2.17.